The third-order valence-electron chi connectivity index (χ3n) is 6.47. The Morgan fingerprint density at radius 2 is 1.91 bits per heavy atom. The highest BCUT2D eigenvalue weighted by Crippen LogP contribution is 2.34. The number of pyridine rings is 1. The second-order valence-corrected chi connectivity index (χ2v) is 10.7. The van der Waals surface area contributed by atoms with Gasteiger partial charge in [-0.25, -0.2) is 4.98 Å². The molecule has 0 spiro atoms. The zero-order valence-electron chi connectivity index (χ0n) is 19.5. The van der Waals surface area contributed by atoms with E-state index in [0.29, 0.717) is 38.7 Å². The van der Waals surface area contributed by atoms with Crippen LogP contribution in [0.15, 0.2) is 34.1 Å². The van der Waals surface area contributed by atoms with Crippen molar-refractivity contribution >= 4 is 51.7 Å². The van der Waals surface area contributed by atoms with E-state index in [9.17, 15) is 9.59 Å². The minimum absolute atomic E-state index is 0.101. The largest absolute Gasteiger partial charge is 0.356 e. The van der Waals surface area contributed by atoms with Gasteiger partial charge in [0.15, 0.2) is 0 Å². The van der Waals surface area contributed by atoms with Crippen molar-refractivity contribution in [1.82, 2.24) is 14.3 Å². The summed E-state index contributed by atoms with van der Waals surface area (Å²) in [5.41, 5.74) is 0.934. The Kier molecular flexibility index (Phi) is 7.86. The van der Waals surface area contributed by atoms with Crippen molar-refractivity contribution in [2.75, 3.05) is 24.5 Å². The van der Waals surface area contributed by atoms with E-state index >= 15 is 0 Å². The van der Waals surface area contributed by atoms with E-state index < -0.39 is 0 Å². The van der Waals surface area contributed by atoms with Gasteiger partial charge in [-0.1, -0.05) is 69.6 Å². The molecule has 2 saturated heterocycles. The van der Waals surface area contributed by atoms with Crippen LogP contribution in [0.4, 0.5) is 5.82 Å². The second kappa shape index (κ2) is 10.8. The zero-order valence-corrected chi connectivity index (χ0v) is 21.1. The second-order valence-electron chi connectivity index (χ2n) is 9.00. The van der Waals surface area contributed by atoms with Crippen LogP contribution in [0, 0.1) is 5.92 Å². The molecule has 1 amide bonds. The van der Waals surface area contributed by atoms with E-state index in [1.807, 2.05) is 18.2 Å². The van der Waals surface area contributed by atoms with Gasteiger partial charge in [0.1, 0.15) is 15.8 Å². The SMILES string of the molecule is CCCCCCCN1C(=O)C(=Cc2c(N3CCC(C)CC3)nc3ccccn3c2=O)SC1=S. The number of thioether (sulfide) groups is 1. The lowest BCUT2D eigenvalue weighted by Crippen LogP contribution is -2.36. The van der Waals surface area contributed by atoms with Gasteiger partial charge in [0.25, 0.3) is 11.5 Å². The zero-order chi connectivity index (χ0) is 23.4. The molecule has 0 N–H and O–H groups in total. The van der Waals surface area contributed by atoms with E-state index in [0.717, 1.165) is 38.8 Å². The number of rotatable bonds is 8. The van der Waals surface area contributed by atoms with E-state index in [-0.39, 0.29) is 11.5 Å². The molecule has 2 aliphatic heterocycles. The maximum Gasteiger partial charge on any atom is 0.267 e. The highest BCUT2D eigenvalue weighted by Gasteiger charge is 2.32. The topological polar surface area (TPSA) is 57.9 Å². The number of unbranched alkanes of at least 4 members (excludes halogenated alkanes) is 4. The normalized spacial score (nSPS) is 18.8. The van der Waals surface area contributed by atoms with E-state index in [1.54, 1.807) is 21.6 Å². The average molecular weight is 485 g/mol. The molecule has 0 aromatic carbocycles. The van der Waals surface area contributed by atoms with Crippen molar-refractivity contribution < 1.29 is 4.79 Å². The summed E-state index contributed by atoms with van der Waals surface area (Å²) < 4.78 is 2.13. The van der Waals surface area contributed by atoms with Crippen molar-refractivity contribution in [3.63, 3.8) is 0 Å². The Bertz CT molecular complexity index is 1120. The number of piperidine rings is 1. The summed E-state index contributed by atoms with van der Waals surface area (Å²) in [7, 11) is 0. The number of thiocarbonyl (C=S) groups is 1. The van der Waals surface area contributed by atoms with Crippen LogP contribution in [-0.2, 0) is 4.79 Å². The van der Waals surface area contributed by atoms with Crippen LogP contribution >= 0.6 is 24.0 Å². The molecule has 0 bridgehead atoms. The number of hydrogen-bond donors (Lipinski definition) is 0. The number of amides is 1. The maximum absolute atomic E-state index is 13.5. The molecule has 8 heteroatoms. The van der Waals surface area contributed by atoms with Crippen molar-refractivity contribution in [1.29, 1.82) is 0 Å². The minimum atomic E-state index is -0.154. The molecule has 2 aliphatic rings. The first-order valence-corrected chi connectivity index (χ1v) is 13.2. The van der Waals surface area contributed by atoms with Gasteiger partial charge < -0.3 is 4.90 Å². The van der Waals surface area contributed by atoms with Gasteiger partial charge in [-0.3, -0.25) is 18.9 Å². The molecule has 176 valence electrons. The van der Waals surface area contributed by atoms with Crippen LogP contribution in [0.25, 0.3) is 11.7 Å². The smallest absolute Gasteiger partial charge is 0.267 e. The van der Waals surface area contributed by atoms with Crippen LogP contribution in [0.3, 0.4) is 0 Å². The Morgan fingerprint density at radius 3 is 2.67 bits per heavy atom. The first kappa shape index (κ1) is 24.0. The van der Waals surface area contributed by atoms with Crippen LogP contribution in [0.1, 0.15) is 64.4 Å². The molecule has 0 radical (unpaired) electrons. The highest BCUT2D eigenvalue weighted by molar-refractivity contribution is 8.26. The first-order valence-electron chi connectivity index (χ1n) is 12.0. The number of hydrogen-bond acceptors (Lipinski definition) is 6. The summed E-state index contributed by atoms with van der Waals surface area (Å²) >= 11 is 6.80. The van der Waals surface area contributed by atoms with Crippen LogP contribution in [0.2, 0.25) is 0 Å². The number of anilines is 1. The maximum atomic E-state index is 13.5. The quantitative estimate of drug-likeness (QED) is 0.295. The van der Waals surface area contributed by atoms with Gasteiger partial charge in [-0.15, -0.1) is 0 Å². The molecular weight excluding hydrogens is 452 g/mol. The van der Waals surface area contributed by atoms with Crippen LogP contribution < -0.4 is 10.5 Å². The van der Waals surface area contributed by atoms with Crippen LogP contribution in [0.5, 0.6) is 0 Å². The molecule has 6 nitrogen and oxygen atoms in total. The fourth-order valence-corrected chi connectivity index (χ4v) is 5.67. The number of fused-ring (bicyclic) bond motifs is 1. The lowest BCUT2D eigenvalue weighted by molar-refractivity contribution is -0.122. The molecule has 33 heavy (non-hydrogen) atoms. The first-order chi connectivity index (χ1) is 16.0. The van der Waals surface area contributed by atoms with E-state index in [4.69, 9.17) is 17.2 Å². The number of nitrogens with zero attached hydrogens (tertiary/aromatic N) is 4. The Labute approximate surface area is 205 Å². The third kappa shape index (κ3) is 5.32. The number of aromatic nitrogens is 2. The predicted molar refractivity (Wildman–Crippen MR) is 141 cm³/mol. The molecule has 0 aliphatic carbocycles. The summed E-state index contributed by atoms with van der Waals surface area (Å²) in [6, 6.07) is 5.55. The average Bonchev–Trinajstić information content (AvgIpc) is 3.08. The predicted octanol–water partition coefficient (Wildman–Crippen LogP) is 5.10. The third-order valence-corrected chi connectivity index (χ3v) is 7.84. The Balaban J connectivity index is 1.65. The lowest BCUT2D eigenvalue weighted by Gasteiger charge is -2.32. The van der Waals surface area contributed by atoms with Gasteiger partial charge in [-0.05, 0) is 43.4 Å². The standard InChI is InChI=1S/C25H32N4O2S2/c1-3-4-5-6-8-14-29-24(31)20(33-25(29)32)17-19-22(27-15-11-18(2)12-16-27)26-21-10-7-9-13-28(21)23(19)30/h7,9-10,13,17-18H,3-6,8,11-12,14-16H2,1-2H3. The van der Waals surface area contributed by atoms with Gasteiger partial charge in [0, 0.05) is 25.8 Å². The molecule has 4 rings (SSSR count). The van der Waals surface area contributed by atoms with Gasteiger partial charge >= 0.3 is 0 Å². The number of carbonyl (C=O) groups is 1. The Hall–Kier alpha value is -2.19. The number of carbonyl (C=O) groups excluding carboxylic acids is 1. The Morgan fingerprint density at radius 1 is 1.15 bits per heavy atom. The van der Waals surface area contributed by atoms with Crippen molar-refractivity contribution in [2.45, 2.75) is 58.8 Å². The molecule has 0 atom stereocenters. The molecule has 2 aromatic rings. The van der Waals surface area contributed by atoms with Crippen molar-refractivity contribution in [3.8, 4) is 0 Å². The molecule has 2 fully saturated rings. The summed E-state index contributed by atoms with van der Waals surface area (Å²) in [6.45, 7) is 6.80. The molecule has 4 heterocycles. The van der Waals surface area contributed by atoms with Gasteiger partial charge in [-0.2, -0.15) is 0 Å². The van der Waals surface area contributed by atoms with Gasteiger partial charge in [0.2, 0.25) is 0 Å². The monoisotopic (exact) mass is 484 g/mol. The van der Waals surface area contributed by atoms with Crippen molar-refractivity contribution in [3.05, 3.63) is 45.2 Å². The fraction of sp³-hybridized carbons (Fsp3) is 0.520. The lowest BCUT2D eigenvalue weighted by atomic mass is 9.99. The molecule has 0 saturated carbocycles. The molecular formula is C25H32N4O2S2. The summed E-state index contributed by atoms with van der Waals surface area (Å²) in [6.07, 6.45) is 11.2. The van der Waals surface area contributed by atoms with Crippen molar-refractivity contribution in [2.24, 2.45) is 5.92 Å². The summed E-state index contributed by atoms with van der Waals surface area (Å²) in [5.74, 6) is 1.24. The summed E-state index contributed by atoms with van der Waals surface area (Å²) in [5, 5.41) is 0. The van der Waals surface area contributed by atoms with E-state index in [1.165, 1.54) is 31.0 Å². The minimum Gasteiger partial charge on any atom is -0.356 e. The summed E-state index contributed by atoms with van der Waals surface area (Å²) in [4.78, 5) is 35.9. The molecule has 2 aromatic heterocycles. The fourth-order valence-electron chi connectivity index (χ4n) is 4.38. The van der Waals surface area contributed by atoms with E-state index in [2.05, 4.69) is 18.7 Å². The molecule has 0 unspecified atom stereocenters. The van der Waals surface area contributed by atoms with Gasteiger partial charge in [0.05, 0.1) is 10.5 Å². The van der Waals surface area contributed by atoms with Crippen LogP contribution in [-0.4, -0.2) is 44.1 Å². The highest BCUT2D eigenvalue weighted by atomic mass is 32.2.